The number of amides is 1. The summed E-state index contributed by atoms with van der Waals surface area (Å²) in [4.78, 5) is 42.2. The van der Waals surface area contributed by atoms with Gasteiger partial charge in [-0.25, -0.2) is 9.78 Å². The molecule has 3 rings (SSSR count). The smallest absolute Gasteiger partial charge is 0.331 e. The summed E-state index contributed by atoms with van der Waals surface area (Å²) in [6.45, 7) is 2.07. The number of benzene rings is 1. The molecule has 150 valence electrons. The number of nitro groups is 1. The first-order valence-corrected chi connectivity index (χ1v) is 9.06. The molecular weight excluding hydrogens is 376 g/mol. The van der Waals surface area contributed by atoms with E-state index >= 15 is 0 Å². The lowest BCUT2D eigenvalue weighted by Crippen LogP contribution is -2.50. The summed E-state index contributed by atoms with van der Waals surface area (Å²) >= 11 is 0. The van der Waals surface area contributed by atoms with Gasteiger partial charge in [-0.3, -0.25) is 14.9 Å². The molecule has 1 amide bonds. The number of ether oxygens (including phenoxy) is 1. The number of hydrogen-bond acceptors (Lipinski definition) is 7. The Morgan fingerprint density at radius 1 is 1.10 bits per heavy atom. The lowest BCUT2D eigenvalue weighted by Gasteiger charge is -2.35. The first-order valence-electron chi connectivity index (χ1n) is 9.06. The Bertz CT molecular complexity index is 891. The quantitative estimate of drug-likeness (QED) is 0.318. The lowest BCUT2D eigenvalue weighted by molar-refractivity contribution is -0.384. The summed E-state index contributed by atoms with van der Waals surface area (Å²) in [7, 11) is 0. The van der Waals surface area contributed by atoms with E-state index in [0.29, 0.717) is 31.7 Å². The number of carbonyl (C=O) groups excluding carboxylic acids is 2. The van der Waals surface area contributed by atoms with Crippen molar-refractivity contribution < 1.29 is 19.2 Å². The van der Waals surface area contributed by atoms with Crippen molar-refractivity contribution in [2.75, 3.05) is 37.7 Å². The van der Waals surface area contributed by atoms with Crippen molar-refractivity contribution >= 4 is 29.5 Å². The molecule has 0 spiro atoms. The number of anilines is 1. The van der Waals surface area contributed by atoms with Crippen molar-refractivity contribution in [1.29, 1.82) is 0 Å². The molecule has 1 aromatic heterocycles. The summed E-state index contributed by atoms with van der Waals surface area (Å²) in [5, 5.41) is 10.6. The van der Waals surface area contributed by atoms with Crippen molar-refractivity contribution in [3.05, 3.63) is 70.4 Å². The molecule has 0 radical (unpaired) electrons. The molecule has 0 saturated carbocycles. The van der Waals surface area contributed by atoms with Crippen LogP contribution in [0, 0.1) is 10.1 Å². The molecular formula is C20H20N4O5. The largest absolute Gasteiger partial charge is 0.452 e. The zero-order valence-corrected chi connectivity index (χ0v) is 15.6. The highest BCUT2D eigenvalue weighted by Gasteiger charge is 2.22. The van der Waals surface area contributed by atoms with Gasteiger partial charge in [0.1, 0.15) is 5.82 Å². The summed E-state index contributed by atoms with van der Waals surface area (Å²) < 4.78 is 5.00. The number of nitrogens with zero attached hydrogens (tertiary/aromatic N) is 4. The average Bonchev–Trinajstić information content (AvgIpc) is 2.77. The van der Waals surface area contributed by atoms with Crippen LogP contribution in [0.25, 0.3) is 6.08 Å². The van der Waals surface area contributed by atoms with Crippen LogP contribution in [0.4, 0.5) is 11.5 Å². The van der Waals surface area contributed by atoms with E-state index in [0.717, 1.165) is 5.82 Å². The molecule has 1 aliphatic heterocycles. The van der Waals surface area contributed by atoms with Crippen LogP contribution in [-0.4, -0.2) is 59.5 Å². The summed E-state index contributed by atoms with van der Waals surface area (Å²) in [5.74, 6) is -0.0195. The van der Waals surface area contributed by atoms with E-state index < -0.39 is 10.9 Å². The van der Waals surface area contributed by atoms with Crippen molar-refractivity contribution in [3.8, 4) is 0 Å². The monoisotopic (exact) mass is 396 g/mol. The highest BCUT2D eigenvalue weighted by Crippen LogP contribution is 2.14. The van der Waals surface area contributed by atoms with E-state index in [9.17, 15) is 19.7 Å². The molecule has 29 heavy (non-hydrogen) atoms. The third-order valence-electron chi connectivity index (χ3n) is 4.46. The number of hydrogen-bond donors (Lipinski definition) is 0. The number of carbonyl (C=O) groups is 2. The van der Waals surface area contributed by atoms with Crippen LogP contribution in [-0.2, 0) is 14.3 Å². The van der Waals surface area contributed by atoms with Crippen LogP contribution in [0.3, 0.4) is 0 Å². The standard InChI is InChI=1S/C20H20N4O5/c25-19(23-13-11-22(12-14-23)18-3-1-2-10-21-18)15-29-20(26)9-6-16-4-7-17(8-5-16)24(27)28/h1-10H,11-15H2/b9-6-. The van der Waals surface area contributed by atoms with Crippen molar-refractivity contribution in [1.82, 2.24) is 9.88 Å². The van der Waals surface area contributed by atoms with Gasteiger partial charge in [0.05, 0.1) is 4.92 Å². The van der Waals surface area contributed by atoms with Gasteiger partial charge in [0.2, 0.25) is 0 Å². The predicted molar refractivity (Wildman–Crippen MR) is 106 cm³/mol. The maximum Gasteiger partial charge on any atom is 0.331 e. The van der Waals surface area contributed by atoms with Crippen LogP contribution in [0.2, 0.25) is 0 Å². The van der Waals surface area contributed by atoms with Crippen LogP contribution >= 0.6 is 0 Å². The first kappa shape index (κ1) is 20.0. The van der Waals surface area contributed by atoms with Crippen molar-refractivity contribution in [3.63, 3.8) is 0 Å². The molecule has 9 heteroatoms. The fourth-order valence-corrected chi connectivity index (χ4v) is 2.87. The molecule has 1 saturated heterocycles. The van der Waals surface area contributed by atoms with Crippen LogP contribution < -0.4 is 4.90 Å². The van der Waals surface area contributed by atoms with Gasteiger partial charge < -0.3 is 14.5 Å². The number of aromatic nitrogens is 1. The second-order valence-electron chi connectivity index (χ2n) is 6.35. The van der Waals surface area contributed by atoms with E-state index in [1.54, 1.807) is 11.1 Å². The molecule has 0 unspecified atom stereocenters. The Hall–Kier alpha value is -3.75. The fourth-order valence-electron chi connectivity index (χ4n) is 2.87. The highest BCUT2D eigenvalue weighted by molar-refractivity contribution is 5.89. The molecule has 2 aromatic rings. The van der Waals surface area contributed by atoms with Gasteiger partial charge in [-0.05, 0) is 35.9 Å². The number of esters is 1. The topological polar surface area (TPSA) is 106 Å². The minimum atomic E-state index is -0.649. The Morgan fingerprint density at radius 2 is 1.83 bits per heavy atom. The molecule has 0 atom stereocenters. The third kappa shape index (κ3) is 5.61. The summed E-state index contributed by atoms with van der Waals surface area (Å²) in [6, 6.07) is 11.4. The summed E-state index contributed by atoms with van der Waals surface area (Å²) in [5.41, 5.74) is 0.586. The minimum absolute atomic E-state index is 0.0292. The number of piperazine rings is 1. The van der Waals surface area contributed by atoms with Gasteiger partial charge in [0.15, 0.2) is 6.61 Å². The zero-order valence-electron chi connectivity index (χ0n) is 15.6. The fraction of sp³-hybridized carbons (Fsp3) is 0.250. The second kappa shape index (κ2) is 9.45. The van der Waals surface area contributed by atoms with Crippen LogP contribution in [0.15, 0.2) is 54.7 Å². The highest BCUT2D eigenvalue weighted by atomic mass is 16.6. The second-order valence-corrected chi connectivity index (χ2v) is 6.35. The SMILES string of the molecule is O=C(/C=C\c1ccc([N+](=O)[O-])cc1)OCC(=O)N1CCN(c2ccccn2)CC1. The Labute approximate surface area is 167 Å². The van der Waals surface area contributed by atoms with Crippen molar-refractivity contribution in [2.45, 2.75) is 0 Å². The molecule has 0 N–H and O–H groups in total. The number of non-ortho nitro benzene ring substituents is 1. The van der Waals surface area contributed by atoms with Gasteiger partial charge in [-0.2, -0.15) is 0 Å². The first-order chi connectivity index (χ1) is 14.0. The summed E-state index contributed by atoms with van der Waals surface area (Å²) in [6.07, 6.45) is 4.39. The van der Waals surface area contributed by atoms with E-state index in [1.165, 1.54) is 36.4 Å². The minimum Gasteiger partial charge on any atom is -0.452 e. The predicted octanol–water partition coefficient (Wildman–Crippen LogP) is 1.89. The van der Waals surface area contributed by atoms with E-state index in [1.807, 2.05) is 18.2 Å². The van der Waals surface area contributed by atoms with Gasteiger partial charge >= 0.3 is 5.97 Å². The van der Waals surface area contributed by atoms with Gasteiger partial charge in [0, 0.05) is 50.6 Å². The molecule has 0 aliphatic carbocycles. The molecule has 1 aliphatic rings. The maximum atomic E-state index is 12.2. The lowest BCUT2D eigenvalue weighted by atomic mass is 10.2. The van der Waals surface area contributed by atoms with Crippen molar-refractivity contribution in [2.24, 2.45) is 0 Å². The number of rotatable bonds is 6. The maximum absolute atomic E-state index is 12.2. The molecule has 2 heterocycles. The van der Waals surface area contributed by atoms with Gasteiger partial charge in [-0.15, -0.1) is 0 Å². The van der Waals surface area contributed by atoms with E-state index in [-0.39, 0.29) is 18.2 Å². The molecule has 0 bridgehead atoms. The van der Waals surface area contributed by atoms with Crippen LogP contribution in [0.5, 0.6) is 0 Å². The molecule has 1 fully saturated rings. The zero-order chi connectivity index (χ0) is 20.6. The third-order valence-corrected chi connectivity index (χ3v) is 4.46. The van der Waals surface area contributed by atoms with Gasteiger partial charge in [-0.1, -0.05) is 6.07 Å². The molecule has 1 aromatic carbocycles. The molecule has 9 nitrogen and oxygen atoms in total. The normalized spacial score (nSPS) is 14.1. The van der Waals surface area contributed by atoms with E-state index in [4.69, 9.17) is 4.74 Å². The van der Waals surface area contributed by atoms with E-state index in [2.05, 4.69) is 9.88 Å². The Morgan fingerprint density at radius 3 is 2.45 bits per heavy atom. The Balaban J connectivity index is 1.42. The van der Waals surface area contributed by atoms with Crippen LogP contribution in [0.1, 0.15) is 5.56 Å². The Kier molecular flexibility index (Phi) is 6.51. The average molecular weight is 396 g/mol. The van der Waals surface area contributed by atoms with Gasteiger partial charge in [0.25, 0.3) is 11.6 Å². The number of nitro benzene ring substituents is 1. The number of pyridine rings is 1.